The number of benzene rings is 3. The van der Waals surface area contributed by atoms with E-state index in [-0.39, 0.29) is 25.5 Å². The smallest absolute Gasteiger partial charge is 0.131 e. The Morgan fingerprint density at radius 3 is 1.59 bits per heavy atom. The number of nitrogens with two attached hydrogens (primary N) is 1. The van der Waals surface area contributed by atoms with Gasteiger partial charge in [-0.15, -0.1) is 5.19 Å². The second kappa shape index (κ2) is 9.17. The summed E-state index contributed by atoms with van der Waals surface area (Å²) in [5.41, 5.74) is 7.33. The Bertz CT molecular complexity index is 887. The first-order chi connectivity index (χ1) is 13.3. The molecule has 0 heterocycles. The molecule has 0 unspecified atom stereocenters. The van der Waals surface area contributed by atoms with E-state index in [0.717, 1.165) is 22.4 Å². The van der Waals surface area contributed by atoms with Crippen molar-refractivity contribution in [1.82, 2.24) is 0 Å². The summed E-state index contributed by atoms with van der Waals surface area (Å²) in [6.07, 6.45) is 0. The predicted molar refractivity (Wildman–Crippen MR) is 120 cm³/mol. The van der Waals surface area contributed by atoms with Gasteiger partial charge >= 0.3 is 0 Å². The van der Waals surface area contributed by atoms with Gasteiger partial charge in [-0.05, 0) is 29.3 Å². The zero-order valence-corrected chi connectivity index (χ0v) is 20.1. The van der Waals surface area contributed by atoms with Crippen LogP contribution in [0.15, 0.2) is 66.7 Å². The summed E-state index contributed by atoms with van der Waals surface area (Å²) in [5.74, 6) is 1.70. The maximum atomic E-state index is 6.54. The fraction of sp³-hybridized carbons (Fsp3) is 0.250. The summed E-state index contributed by atoms with van der Waals surface area (Å²) in [4.78, 5) is 0. The average Bonchev–Trinajstić information content (AvgIpc) is 2.70. The van der Waals surface area contributed by atoms with Crippen molar-refractivity contribution in [3.63, 3.8) is 0 Å². The van der Waals surface area contributed by atoms with E-state index in [1.165, 1.54) is 10.4 Å². The van der Waals surface area contributed by atoms with Gasteiger partial charge in [0.1, 0.15) is 19.6 Å². The zero-order chi connectivity index (χ0) is 20.4. The van der Waals surface area contributed by atoms with Crippen LogP contribution in [-0.2, 0) is 20.4 Å². The summed E-state index contributed by atoms with van der Waals surface area (Å²) in [5, 5.41) is 3.61. The van der Waals surface area contributed by atoms with E-state index in [9.17, 15) is 0 Å². The van der Waals surface area contributed by atoms with Gasteiger partial charge in [0.25, 0.3) is 0 Å². The average molecular weight is 497 g/mol. The summed E-state index contributed by atoms with van der Waals surface area (Å²) >= 11 is 0. The number of methoxy groups -OCH3 is 2. The van der Waals surface area contributed by atoms with Crippen LogP contribution in [0, 0.1) is 6.07 Å². The van der Waals surface area contributed by atoms with Crippen LogP contribution in [0.25, 0.3) is 0 Å². The topological polar surface area (TPSA) is 44.5 Å². The molecule has 0 aliphatic rings. The SMILES string of the molecule is COc1ccc([Si](c2ccc(OC)cc2)(c2[c-]cccc2N)C(C)(C)C)cc1.[Pd]. The number of ether oxygens (including phenoxy) is 2. The Morgan fingerprint density at radius 2 is 1.24 bits per heavy atom. The third-order valence-corrected chi connectivity index (χ3v) is 11.3. The van der Waals surface area contributed by atoms with Crippen molar-refractivity contribution in [2.24, 2.45) is 0 Å². The summed E-state index contributed by atoms with van der Waals surface area (Å²) in [7, 11) is 0.848. The molecule has 0 aliphatic heterocycles. The zero-order valence-electron chi connectivity index (χ0n) is 17.6. The van der Waals surface area contributed by atoms with Crippen molar-refractivity contribution < 1.29 is 29.9 Å². The molecular formula is C24H28NO2PdSi-. The summed E-state index contributed by atoms with van der Waals surface area (Å²) in [6.45, 7) is 6.90. The van der Waals surface area contributed by atoms with Gasteiger partial charge in [-0.1, -0.05) is 61.1 Å². The van der Waals surface area contributed by atoms with Gasteiger partial charge in [-0.25, -0.2) is 0 Å². The molecule has 0 saturated heterocycles. The van der Waals surface area contributed by atoms with Crippen LogP contribution >= 0.6 is 0 Å². The van der Waals surface area contributed by atoms with Crippen LogP contribution in [0.4, 0.5) is 5.69 Å². The van der Waals surface area contributed by atoms with Crippen LogP contribution < -0.4 is 30.8 Å². The fourth-order valence-corrected chi connectivity index (χ4v) is 9.70. The van der Waals surface area contributed by atoms with Crippen LogP contribution in [0.1, 0.15) is 20.8 Å². The third-order valence-electron chi connectivity index (χ3n) is 5.43. The number of hydrogen-bond donors (Lipinski definition) is 1. The van der Waals surface area contributed by atoms with Gasteiger partial charge in [-0.2, -0.15) is 24.3 Å². The quantitative estimate of drug-likeness (QED) is 0.255. The maximum absolute atomic E-state index is 6.54. The molecule has 0 atom stereocenters. The molecule has 0 spiro atoms. The van der Waals surface area contributed by atoms with Crippen molar-refractivity contribution in [3.8, 4) is 11.5 Å². The molecule has 156 valence electrons. The number of nitrogen functional groups attached to an aromatic ring is 1. The molecule has 0 aliphatic carbocycles. The van der Waals surface area contributed by atoms with Crippen LogP contribution in [0.5, 0.6) is 11.5 Å². The molecular weight excluding hydrogens is 469 g/mol. The molecule has 0 bridgehead atoms. The minimum Gasteiger partial charge on any atom is -0.497 e. The van der Waals surface area contributed by atoms with E-state index >= 15 is 0 Å². The van der Waals surface area contributed by atoms with Gasteiger partial charge in [0.05, 0.1) is 14.2 Å². The molecule has 0 saturated carbocycles. The predicted octanol–water partition coefficient (Wildman–Crippen LogP) is 3.35. The van der Waals surface area contributed by atoms with Crippen molar-refractivity contribution in [2.75, 3.05) is 20.0 Å². The molecule has 2 N–H and O–H groups in total. The Hall–Kier alpha value is -2.06. The van der Waals surface area contributed by atoms with E-state index in [1.54, 1.807) is 14.2 Å². The van der Waals surface area contributed by atoms with E-state index in [1.807, 2.05) is 42.5 Å². The van der Waals surface area contributed by atoms with E-state index < -0.39 is 8.07 Å². The molecule has 0 radical (unpaired) electrons. The summed E-state index contributed by atoms with van der Waals surface area (Å²) in [6, 6.07) is 26.3. The van der Waals surface area contributed by atoms with Gasteiger partial charge in [0.15, 0.2) is 0 Å². The Balaban J connectivity index is 0.00000300. The first-order valence-corrected chi connectivity index (χ1v) is 11.4. The molecule has 3 rings (SSSR count). The van der Waals surface area contributed by atoms with E-state index in [2.05, 4.69) is 51.1 Å². The molecule has 0 amide bonds. The van der Waals surface area contributed by atoms with Crippen LogP contribution in [-0.4, -0.2) is 22.3 Å². The van der Waals surface area contributed by atoms with E-state index in [0.29, 0.717) is 0 Å². The number of rotatable bonds is 5. The molecule has 3 aromatic carbocycles. The van der Waals surface area contributed by atoms with Crippen molar-refractivity contribution >= 4 is 29.3 Å². The minimum absolute atomic E-state index is 0. The van der Waals surface area contributed by atoms with Gasteiger partial charge in [0, 0.05) is 20.4 Å². The third kappa shape index (κ3) is 4.14. The normalized spacial score (nSPS) is 11.5. The first-order valence-electron chi connectivity index (χ1n) is 9.40. The minimum atomic E-state index is -2.53. The number of anilines is 1. The largest absolute Gasteiger partial charge is 0.497 e. The Kier molecular flexibility index (Phi) is 7.34. The Morgan fingerprint density at radius 1 is 0.793 bits per heavy atom. The molecule has 29 heavy (non-hydrogen) atoms. The van der Waals surface area contributed by atoms with Gasteiger partial charge in [-0.3, -0.25) is 0 Å². The number of hydrogen-bond acceptors (Lipinski definition) is 3. The first kappa shape index (κ1) is 23.2. The molecule has 0 fully saturated rings. The van der Waals surface area contributed by atoms with Gasteiger partial charge < -0.3 is 15.2 Å². The standard InChI is InChI=1S/C24H28NO2Si.Pd/c1-24(2,3)28(23-9-7-6-8-22(23)25,20-14-10-18(26-4)11-15-20)21-16-12-19(27-5)13-17-21;/h6-8,10-17H,25H2,1-5H3;/q-1;. The maximum Gasteiger partial charge on any atom is 0.131 e. The molecule has 3 aromatic rings. The second-order valence-electron chi connectivity index (χ2n) is 7.96. The molecule has 3 nitrogen and oxygen atoms in total. The second-order valence-corrected chi connectivity index (χ2v) is 12.6. The van der Waals surface area contributed by atoms with Crippen LogP contribution in [0.2, 0.25) is 5.04 Å². The Labute approximate surface area is 188 Å². The monoisotopic (exact) mass is 496 g/mol. The van der Waals surface area contributed by atoms with Crippen molar-refractivity contribution in [1.29, 1.82) is 0 Å². The molecule has 0 aromatic heterocycles. The van der Waals surface area contributed by atoms with Crippen molar-refractivity contribution in [3.05, 3.63) is 72.8 Å². The van der Waals surface area contributed by atoms with E-state index in [4.69, 9.17) is 15.2 Å². The van der Waals surface area contributed by atoms with Crippen molar-refractivity contribution in [2.45, 2.75) is 25.8 Å². The van der Waals surface area contributed by atoms with Gasteiger partial charge in [0.2, 0.25) is 0 Å². The fourth-order valence-electron chi connectivity index (χ4n) is 4.15. The van der Waals surface area contributed by atoms with Crippen LogP contribution in [0.3, 0.4) is 0 Å². The summed E-state index contributed by atoms with van der Waals surface area (Å²) < 4.78 is 10.8. The molecule has 5 heteroatoms.